The molecule has 2 heterocycles. The molecular formula is C21H25N3O4. The third-order valence-electron chi connectivity index (χ3n) is 5.94. The summed E-state index contributed by atoms with van der Waals surface area (Å²) in [6, 6.07) is 7.86. The number of hydrogen-bond acceptors (Lipinski definition) is 5. The van der Waals surface area contributed by atoms with Crippen molar-refractivity contribution in [1.29, 1.82) is 0 Å². The maximum atomic E-state index is 12.7. The molecule has 2 saturated heterocycles. The van der Waals surface area contributed by atoms with Crippen LogP contribution in [0.1, 0.15) is 12.8 Å². The minimum atomic E-state index is -0.282. The number of carbonyl (C=O) groups is 3. The van der Waals surface area contributed by atoms with Crippen LogP contribution in [0, 0.1) is 11.8 Å². The number of amides is 3. The molecule has 0 N–H and O–H groups in total. The number of carbonyl (C=O) groups excluding carboxylic acids is 3. The van der Waals surface area contributed by atoms with Gasteiger partial charge in [-0.1, -0.05) is 18.2 Å². The van der Waals surface area contributed by atoms with Gasteiger partial charge in [0.1, 0.15) is 12.3 Å². The summed E-state index contributed by atoms with van der Waals surface area (Å²) >= 11 is 0. The van der Waals surface area contributed by atoms with Gasteiger partial charge in [-0.15, -0.1) is 0 Å². The van der Waals surface area contributed by atoms with Crippen molar-refractivity contribution in [1.82, 2.24) is 9.80 Å². The fourth-order valence-corrected chi connectivity index (χ4v) is 4.28. The maximum absolute atomic E-state index is 12.7. The molecule has 1 aromatic rings. The molecule has 2 fully saturated rings. The number of rotatable bonds is 4. The van der Waals surface area contributed by atoms with Gasteiger partial charge in [0, 0.05) is 37.9 Å². The summed E-state index contributed by atoms with van der Waals surface area (Å²) in [6.07, 6.45) is 5.10. The van der Waals surface area contributed by atoms with E-state index in [1.54, 1.807) is 12.0 Å². The first kappa shape index (κ1) is 18.5. The number of likely N-dealkylation sites (tertiary alicyclic amines) is 1. The number of allylic oxidation sites excluding steroid dienone is 2. The molecule has 0 aromatic heterocycles. The van der Waals surface area contributed by atoms with Crippen LogP contribution in [0.3, 0.4) is 0 Å². The van der Waals surface area contributed by atoms with Gasteiger partial charge in [-0.05, 0) is 25.0 Å². The van der Waals surface area contributed by atoms with E-state index in [1.165, 1.54) is 4.90 Å². The monoisotopic (exact) mass is 383 g/mol. The standard InChI is InChI=1S/C21H25N3O4/c1-28-16-6-4-5-15(13-16)22-9-11-23(12-10-22)19(25)14-24-20(26)17-7-2-3-8-18(17)21(24)27/h2-6,13,17-18H,7-12,14H2,1H3/t17-,18-/m0/s1. The maximum Gasteiger partial charge on any atom is 0.242 e. The molecule has 0 unspecified atom stereocenters. The van der Waals surface area contributed by atoms with E-state index in [0.29, 0.717) is 39.0 Å². The molecule has 7 nitrogen and oxygen atoms in total. The third kappa shape index (κ3) is 3.37. The topological polar surface area (TPSA) is 70.2 Å². The van der Waals surface area contributed by atoms with Crippen LogP contribution in [0.2, 0.25) is 0 Å². The first-order valence-corrected chi connectivity index (χ1v) is 9.75. The van der Waals surface area contributed by atoms with E-state index in [-0.39, 0.29) is 36.1 Å². The minimum absolute atomic E-state index is 0.135. The number of methoxy groups -OCH3 is 1. The molecule has 7 heteroatoms. The molecule has 2 aliphatic heterocycles. The number of benzene rings is 1. The summed E-state index contributed by atoms with van der Waals surface area (Å²) in [5, 5.41) is 0. The molecule has 0 spiro atoms. The zero-order chi connectivity index (χ0) is 19.7. The summed E-state index contributed by atoms with van der Waals surface area (Å²) < 4.78 is 5.27. The number of ether oxygens (including phenoxy) is 1. The van der Waals surface area contributed by atoms with Crippen molar-refractivity contribution in [2.24, 2.45) is 11.8 Å². The van der Waals surface area contributed by atoms with Gasteiger partial charge in [0.05, 0.1) is 18.9 Å². The first-order chi connectivity index (χ1) is 13.6. The zero-order valence-electron chi connectivity index (χ0n) is 16.0. The van der Waals surface area contributed by atoms with Crippen LogP contribution in [0.25, 0.3) is 0 Å². The molecule has 1 aromatic carbocycles. The fraction of sp³-hybridized carbons (Fsp3) is 0.476. The number of fused-ring (bicyclic) bond motifs is 1. The Morgan fingerprint density at radius 2 is 1.68 bits per heavy atom. The van der Waals surface area contributed by atoms with Gasteiger partial charge in [-0.25, -0.2) is 0 Å². The van der Waals surface area contributed by atoms with Crippen molar-refractivity contribution in [2.75, 3.05) is 44.7 Å². The highest BCUT2D eigenvalue weighted by atomic mass is 16.5. The van der Waals surface area contributed by atoms with Gasteiger partial charge in [-0.3, -0.25) is 19.3 Å². The Kier molecular flexibility index (Phi) is 5.07. The van der Waals surface area contributed by atoms with Crippen molar-refractivity contribution in [3.05, 3.63) is 36.4 Å². The van der Waals surface area contributed by atoms with Crippen LogP contribution in [0.15, 0.2) is 36.4 Å². The second kappa shape index (κ2) is 7.66. The van der Waals surface area contributed by atoms with E-state index in [0.717, 1.165) is 11.4 Å². The number of piperazine rings is 1. The van der Waals surface area contributed by atoms with E-state index in [2.05, 4.69) is 4.90 Å². The molecule has 0 radical (unpaired) electrons. The number of hydrogen-bond donors (Lipinski definition) is 0. The highest BCUT2D eigenvalue weighted by Crippen LogP contribution is 2.35. The smallest absolute Gasteiger partial charge is 0.242 e. The molecule has 3 amide bonds. The van der Waals surface area contributed by atoms with Gasteiger partial charge in [0.15, 0.2) is 0 Å². The molecule has 148 valence electrons. The molecule has 1 aliphatic carbocycles. The molecule has 0 bridgehead atoms. The van der Waals surface area contributed by atoms with Crippen LogP contribution >= 0.6 is 0 Å². The van der Waals surface area contributed by atoms with Crippen LogP contribution in [0.4, 0.5) is 5.69 Å². The summed E-state index contributed by atoms with van der Waals surface area (Å²) in [4.78, 5) is 42.9. The Balaban J connectivity index is 1.34. The Labute approximate surface area is 164 Å². The van der Waals surface area contributed by atoms with Crippen molar-refractivity contribution in [3.63, 3.8) is 0 Å². The van der Waals surface area contributed by atoms with E-state index < -0.39 is 0 Å². The predicted octanol–water partition coefficient (Wildman–Crippen LogP) is 1.29. The van der Waals surface area contributed by atoms with E-state index in [1.807, 2.05) is 36.4 Å². The Morgan fingerprint density at radius 1 is 1.04 bits per heavy atom. The van der Waals surface area contributed by atoms with E-state index in [9.17, 15) is 14.4 Å². The lowest BCUT2D eigenvalue weighted by Crippen LogP contribution is -2.52. The first-order valence-electron chi connectivity index (χ1n) is 9.75. The van der Waals surface area contributed by atoms with Crippen molar-refractivity contribution < 1.29 is 19.1 Å². The Hall–Kier alpha value is -2.83. The van der Waals surface area contributed by atoms with Gasteiger partial charge < -0.3 is 14.5 Å². The van der Waals surface area contributed by atoms with Gasteiger partial charge in [0.2, 0.25) is 17.7 Å². The summed E-state index contributed by atoms with van der Waals surface area (Å²) in [6.45, 7) is 2.41. The quantitative estimate of drug-likeness (QED) is 0.579. The highest BCUT2D eigenvalue weighted by molar-refractivity contribution is 6.07. The number of imide groups is 1. The highest BCUT2D eigenvalue weighted by Gasteiger charge is 2.47. The second-order valence-electron chi connectivity index (χ2n) is 7.49. The molecule has 28 heavy (non-hydrogen) atoms. The number of anilines is 1. The lowest BCUT2D eigenvalue weighted by molar-refractivity contribution is -0.146. The number of nitrogens with zero attached hydrogens (tertiary/aromatic N) is 3. The van der Waals surface area contributed by atoms with E-state index in [4.69, 9.17) is 4.74 Å². The van der Waals surface area contributed by atoms with Crippen LogP contribution in [-0.4, -0.2) is 67.4 Å². The summed E-state index contributed by atoms with van der Waals surface area (Å²) in [5.74, 6) is -0.299. The summed E-state index contributed by atoms with van der Waals surface area (Å²) in [7, 11) is 1.64. The predicted molar refractivity (Wildman–Crippen MR) is 104 cm³/mol. The van der Waals surface area contributed by atoms with Gasteiger partial charge in [-0.2, -0.15) is 0 Å². The lowest BCUT2D eigenvalue weighted by atomic mass is 9.85. The van der Waals surface area contributed by atoms with Crippen LogP contribution in [-0.2, 0) is 14.4 Å². The fourth-order valence-electron chi connectivity index (χ4n) is 4.28. The van der Waals surface area contributed by atoms with Crippen LogP contribution in [0.5, 0.6) is 5.75 Å². The molecule has 4 rings (SSSR count). The van der Waals surface area contributed by atoms with Crippen LogP contribution < -0.4 is 9.64 Å². The van der Waals surface area contributed by atoms with Crippen molar-refractivity contribution >= 4 is 23.4 Å². The molecule has 0 saturated carbocycles. The largest absolute Gasteiger partial charge is 0.497 e. The third-order valence-corrected chi connectivity index (χ3v) is 5.94. The molecular weight excluding hydrogens is 358 g/mol. The van der Waals surface area contributed by atoms with Gasteiger partial charge >= 0.3 is 0 Å². The minimum Gasteiger partial charge on any atom is -0.497 e. The van der Waals surface area contributed by atoms with E-state index >= 15 is 0 Å². The van der Waals surface area contributed by atoms with Crippen molar-refractivity contribution in [2.45, 2.75) is 12.8 Å². The Bertz CT molecular complexity index is 788. The molecule has 2 atom stereocenters. The SMILES string of the molecule is COc1cccc(N2CCN(C(=O)CN3C(=O)[C@H]4CC=CC[C@@H]4C3=O)CC2)c1. The summed E-state index contributed by atoms with van der Waals surface area (Å²) in [5.41, 5.74) is 1.06. The average Bonchev–Trinajstić information content (AvgIpc) is 2.99. The Morgan fingerprint density at radius 3 is 2.29 bits per heavy atom. The second-order valence-corrected chi connectivity index (χ2v) is 7.49. The normalized spacial score (nSPS) is 24.5. The zero-order valence-corrected chi connectivity index (χ0v) is 16.0. The van der Waals surface area contributed by atoms with Gasteiger partial charge in [0.25, 0.3) is 0 Å². The lowest BCUT2D eigenvalue weighted by Gasteiger charge is -2.36. The van der Waals surface area contributed by atoms with Crippen molar-refractivity contribution in [3.8, 4) is 5.75 Å². The average molecular weight is 383 g/mol. The molecule has 3 aliphatic rings.